The Balaban J connectivity index is 1.62. The lowest BCUT2D eigenvalue weighted by molar-refractivity contribution is -0.119. The highest BCUT2D eigenvalue weighted by Gasteiger charge is 2.25. The molecule has 2 aromatic rings. The molecule has 1 aliphatic heterocycles. The topological polar surface area (TPSA) is 100 Å². The molecule has 8 nitrogen and oxygen atoms in total. The van der Waals surface area contributed by atoms with E-state index < -0.39 is 0 Å². The maximum Gasteiger partial charge on any atom is 0.318 e. The monoisotopic (exact) mass is 371 g/mol. The van der Waals surface area contributed by atoms with Gasteiger partial charge in [-0.3, -0.25) is 9.78 Å². The third-order valence-corrected chi connectivity index (χ3v) is 4.47. The van der Waals surface area contributed by atoms with Gasteiger partial charge in [-0.25, -0.2) is 4.79 Å². The third kappa shape index (κ3) is 5.29. The highest BCUT2D eigenvalue weighted by molar-refractivity contribution is 5.79. The molecule has 3 rings (SSSR count). The van der Waals surface area contributed by atoms with Crippen LogP contribution in [-0.2, 0) is 17.9 Å². The first-order chi connectivity index (χ1) is 13.0. The van der Waals surface area contributed by atoms with Crippen molar-refractivity contribution in [3.63, 3.8) is 0 Å². The van der Waals surface area contributed by atoms with E-state index in [-0.39, 0.29) is 30.4 Å². The number of nitrogens with zero attached hydrogens (tertiary/aromatic N) is 3. The maximum absolute atomic E-state index is 12.7. The number of urea groups is 1. The Morgan fingerprint density at radius 1 is 1.44 bits per heavy atom. The number of carbonyl (C=O) groups excluding carboxylic acids is 2. The third-order valence-electron chi connectivity index (χ3n) is 4.47. The van der Waals surface area contributed by atoms with Crippen LogP contribution in [0.1, 0.15) is 49.8 Å². The molecule has 1 saturated heterocycles. The standard InChI is InChI=1S/C19H25N5O3/c1-13(2)17-9-16(27-23-17)10-21-19(26)24(11-14-5-3-4-8-20-14)12-15-6-7-18(25)22-15/h3-5,8-9,13,15H,6-7,10-12H2,1-2H3,(H,21,26)(H,22,25)/t15-/m0/s1. The number of rotatable bonds is 7. The Hall–Kier alpha value is -2.90. The lowest BCUT2D eigenvalue weighted by atomic mass is 10.1. The molecule has 0 saturated carbocycles. The first-order valence-electron chi connectivity index (χ1n) is 9.19. The van der Waals surface area contributed by atoms with Crippen molar-refractivity contribution in [2.24, 2.45) is 0 Å². The summed E-state index contributed by atoms with van der Waals surface area (Å²) in [5.74, 6) is 0.907. The fraction of sp³-hybridized carbons (Fsp3) is 0.474. The van der Waals surface area contributed by atoms with E-state index in [9.17, 15) is 9.59 Å². The SMILES string of the molecule is CC(C)c1cc(CNC(=O)N(Cc2ccccn2)C[C@@H]2CCC(=O)N2)on1. The molecule has 0 spiro atoms. The zero-order valence-corrected chi connectivity index (χ0v) is 15.6. The van der Waals surface area contributed by atoms with Crippen LogP contribution < -0.4 is 10.6 Å². The Morgan fingerprint density at radius 2 is 2.30 bits per heavy atom. The van der Waals surface area contributed by atoms with Gasteiger partial charge in [0.1, 0.15) is 0 Å². The minimum Gasteiger partial charge on any atom is -0.359 e. The molecule has 0 bridgehead atoms. The second-order valence-corrected chi connectivity index (χ2v) is 7.04. The molecule has 2 N–H and O–H groups in total. The van der Waals surface area contributed by atoms with Gasteiger partial charge in [0.05, 0.1) is 24.5 Å². The van der Waals surface area contributed by atoms with E-state index in [2.05, 4.69) is 20.8 Å². The molecule has 1 fully saturated rings. The van der Waals surface area contributed by atoms with Gasteiger partial charge in [-0.2, -0.15) is 0 Å². The van der Waals surface area contributed by atoms with Crippen LogP contribution in [-0.4, -0.2) is 39.6 Å². The number of carbonyl (C=O) groups is 2. The van der Waals surface area contributed by atoms with E-state index in [0.717, 1.165) is 17.8 Å². The highest BCUT2D eigenvalue weighted by atomic mass is 16.5. The lowest BCUT2D eigenvalue weighted by Crippen LogP contribution is -2.45. The van der Waals surface area contributed by atoms with Gasteiger partial charge < -0.3 is 20.1 Å². The molecule has 2 aromatic heterocycles. The van der Waals surface area contributed by atoms with Crippen LogP contribution >= 0.6 is 0 Å². The van der Waals surface area contributed by atoms with Crippen LogP contribution in [0.15, 0.2) is 35.0 Å². The summed E-state index contributed by atoms with van der Waals surface area (Å²) in [6.07, 6.45) is 2.93. The molecule has 3 heterocycles. The summed E-state index contributed by atoms with van der Waals surface area (Å²) in [4.78, 5) is 30.2. The van der Waals surface area contributed by atoms with Gasteiger partial charge in [0.2, 0.25) is 5.91 Å². The molecule has 1 aliphatic rings. The Kier molecular flexibility index (Phi) is 6.05. The molecule has 144 valence electrons. The predicted octanol–water partition coefficient (Wildman–Crippen LogP) is 2.18. The smallest absolute Gasteiger partial charge is 0.318 e. The van der Waals surface area contributed by atoms with Crippen molar-refractivity contribution in [1.82, 2.24) is 25.7 Å². The summed E-state index contributed by atoms with van der Waals surface area (Å²) in [6.45, 7) is 5.12. The van der Waals surface area contributed by atoms with Crippen molar-refractivity contribution >= 4 is 11.9 Å². The van der Waals surface area contributed by atoms with Crippen LogP contribution in [0.5, 0.6) is 0 Å². The minimum atomic E-state index is -0.232. The molecule has 8 heteroatoms. The number of pyridine rings is 1. The fourth-order valence-corrected chi connectivity index (χ4v) is 2.95. The van der Waals surface area contributed by atoms with E-state index >= 15 is 0 Å². The van der Waals surface area contributed by atoms with E-state index in [1.165, 1.54) is 0 Å². The zero-order valence-electron chi connectivity index (χ0n) is 15.6. The van der Waals surface area contributed by atoms with Crippen molar-refractivity contribution in [2.75, 3.05) is 6.54 Å². The van der Waals surface area contributed by atoms with Gasteiger partial charge in [-0.1, -0.05) is 25.1 Å². The zero-order chi connectivity index (χ0) is 19.2. The van der Waals surface area contributed by atoms with Crippen molar-refractivity contribution < 1.29 is 14.1 Å². The van der Waals surface area contributed by atoms with E-state index in [0.29, 0.717) is 25.3 Å². The molecular formula is C19H25N5O3. The van der Waals surface area contributed by atoms with Crippen molar-refractivity contribution in [3.05, 3.63) is 47.6 Å². The maximum atomic E-state index is 12.7. The van der Waals surface area contributed by atoms with Crippen LogP contribution in [0.25, 0.3) is 0 Å². The second-order valence-electron chi connectivity index (χ2n) is 7.04. The second kappa shape index (κ2) is 8.66. The van der Waals surface area contributed by atoms with Crippen LogP contribution in [0.2, 0.25) is 0 Å². The van der Waals surface area contributed by atoms with Gasteiger partial charge in [0, 0.05) is 31.3 Å². The summed E-state index contributed by atoms with van der Waals surface area (Å²) in [6, 6.07) is 7.18. The van der Waals surface area contributed by atoms with E-state index in [4.69, 9.17) is 4.52 Å². The van der Waals surface area contributed by atoms with Gasteiger partial charge in [-0.15, -0.1) is 0 Å². The van der Waals surface area contributed by atoms with Crippen LogP contribution in [0.3, 0.4) is 0 Å². The molecular weight excluding hydrogens is 346 g/mol. The Bertz CT molecular complexity index is 775. The summed E-state index contributed by atoms with van der Waals surface area (Å²) in [7, 11) is 0. The molecule has 0 aliphatic carbocycles. The summed E-state index contributed by atoms with van der Waals surface area (Å²) < 4.78 is 5.27. The lowest BCUT2D eigenvalue weighted by Gasteiger charge is -2.25. The molecule has 0 unspecified atom stereocenters. The number of hydrogen-bond donors (Lipinski definition) is 2. The Morgan fingerprint density at radius 3 is 2.93 bits per heavy atom. The van der Waals surface area contributed by atoms with E-state index in [1.54, 1.807) is 11.1 Å². The van der Waals surface area contributed by atoms with E-state index in [1.807, 2.05) is 38.1 Å². The largest absolute Gasteiger partial charge is 0.359 e. The predicted molar refractivity (Wildman–Crippen MR) is 98.6 cm³/mol. The minimum absolute atomic E-state index is 0.0288. The van der Waals surface area contributed by atoms with Crippen LogP contribution in [0.4, 0.5) is 4.79 Å². The average Bonchev–Trinajstić information content (AvgIpc) is 3.29. The van der Waals surface area contributed by atoms with Gasteiger partial charge in [-0.05, 0) is 24.5 Å². The van der Waals surface area contributed by atoms with Gasteiger partial charge >= 0.3 is 6.03 Å². The summed E-state index contributed by atoms with van der Waals surface area (Å²) in [5.41, 5.74) is 1.65. The number of aromatic nitrogens is 2. The quantitative estimate of drug-likeness (QED) is 0.777. The summed E-state index contributed by atoms with van der Waals surface area (Å²) >= 11 is 0. The van der Waals surface area contributed by atoms with Gasteiger partial charge in [0.25, 0.3) is 0 Å². The normalized spacial score (nSPS) is 16.4. The van der Waals surface area contributed by atoms with Crippen molar-refractivity contribution in [2.45, 2.75) is 51.7 Å². The van der Waals surface area contributed by atoms with Crippen molar-refractivity contribution in [3.8, 4) is 0 Å². The Labute approximate surface area is 158 Å². The molecule has 27 heavy (non-hydrogen) atoms. The van der Waals surface area contributed by atoms with Crippen LogP contribution in [0, 0.1) is 0 Å². The number of hydrogen-bond acceptors (Lipinski definition) is 5. The summed E-state index contributed by atoms with van der Waals surface area (Å²) in [5, 5.41) is 9.77. The fourth-order valence-electron chi connectivity index (χ4n) is 2.95. The van der Waals surface area contributed by atoms with Gasteiger partial charge in [0.15, 0.2) is 5.76 Å². The number of amides is 3. The first kappa shape index (κ1) is 18.9. The molecule has 0 radical (unpaired) electrons. The molecule has 3 amide bonds. The first-order valence-corrected chi connectivity index (χ1v) is 9.19. The van der Waals surface area contributed by atoms with Crippen molar-refractivity contribution in [1.29, 1.82) is 0 Å². The highest BCUT2D eigenvalue weighted by Crippen LogP contribution is 2.14. The molecule has 0 aromatic carbocycles. The molecule has 1 atom stereocenters. The number of nitrogens with one attached hydrogen (secondary N) is 2. The average molecular weight is 371 g/mol.